The van der Waals surface area contributed by atoms with E-state index in [4.69, 9.17) is 5.11 Å². The second kappa shape index (κ2) is 8.83. The Hall–Kier alpha value is -1.19. The Morgan fingerprint density at radius 3 is 2.37 bits per heavy atom. The molecule has 0 rings (SSSR count). The highest BCUT2D eigenvalue weighted by Crippen LogP contribution is 1.97. The van der Waals surface area contributed by atoms with Crippen LogP contribution in [0, 0.1) is 0 Å². The summed E-state index contributed by atoms with van der Waals surface area (Å²) in [4.78, 5) is 21.9. The van der Waals surface area contributed by atoms with Gasteiger partial charge in [0.15, 0.2) is 0 Å². The number of carboxylic acid groups (broad SMARTS) is 1. The number of nitrogens with one attached hydrogen (secondary N) is 3. The fourth-order valence-electron chi connectivity index (χ4n) is 1.27. The lowest BCUT2D eigenvalue weighted by molar-refractivity contribution is -0.139. The number of carbonyl (C=O) groups is 2. The lowest BCUT2D eigenvalue weighted by Gasteiger charge is -2.14. The molecule has 19 heavy (non-hydrogen) atoms. The van der Waals surface area contributed by atoms with Gasteiger partial charge in [0, 0.05) is 26.6 Å². The maximum absolute atomic E-state index is 11.1. The molecule has 4 N–H and O–H groups in total. The van der Waals surface area contributed by atoms with Crippen molar-refractivity contribution in [3.63, 3.8) is 0 Å². The topological polar surface area (TPSA) is 125 Å². The quantitative estimate of drug-likeness (QED) is 0.363. The van der Waals surface area contributed by atoms with Crippen LogP contribution in [0.3, 0.4) is 0 Å². The van der Waals surface area contributed by atoms with Crippen molar-refractivity contribution < 1.29 is 23.1 Å². The van der Waals surface area contributed by atoms with E-state index in [1.165, 1.54) is 14.0 Å². The van der Waals surface area contributed by atoms with Crippen LogP contribution < -0.4 is 15.4 Å². The van der Waals surface area contributed by atoms with Crippen LogP contribution in [0.2, 0.25) is 0 Å². The zero-order chi connectivity index (χ0) is 14.9. The summed E-state index contributed by atoms with van der Waals surface area (Å²) in [5.41, 5.74) is 0. The van der Waals surface area contributed by atoms with Crippen molar-refractivity contribution in [2.75, 3.05) is 25.9 Å². The number of carbonyl (C=O) groups excluding carboxylic acids is 1. The van der Waals surface area contributed by atoms with Crippen molar-refractivity contribution in [2.45, 2.75) is 25.8 Å². The lowest BCUT2D eigenvalue weighted by Crippen LogP contribution is -2.42. The van der Waals surface area contributed by atoms with Crippen molar-refractivity contribution in [3.8, 4) is 0 Å². The highest BCUT2D eigenvalue weighted by Gasteiger charge is 2.17. The molecule has 0 aromatic rings. The molecular weight excluding hydrogens is 274 g/mol. The van der Waals surface area contributed by atoms with Crippen molar-refractivity contribution in [1.29, 1.82) is 0 Å². The third-order valence-electron chi connectivity index (χ3n) is 2.45. The second-order valence-electron chi connectivity index (χ2n) is 3.85. The minimum Gasteiger partial charge on any atom is -0.480 e. The highest BCUT2D eigenvalue weighted by molar-refractivity contribution is 7.89. The lowest BCUT2D eigenvalue weighted by atomic mass is 10.1. The minimum atomic E-state index is -3.27. The zero-order valence-electron chi connectivity index (χ0n) is 11.1. The molecule has 112 valence electrons. The molecule has 0 aliphatic carbocycles. The normalized spacial score (nSPS) is 12.9. The summed E-state index contributed by atoms with van der Waals surface area (Å²) in [5.74, 6) is -1.33. The van der Waals surface area contributed by atoms with Crippen LogP contribution in [-0.2, 0) is 19.6 Å². The van der Waals surface area contributed by atoms with Gasteiger partial charge in [0.1, 0.15) is 6.04 Å². The van der Waals surface area contributed by atoms with Gasteiger partial charge in [0.2, 0.25) is 15.9 Å². The first-order chi connectivity index (χ1) is 8.82. The molecule has 0 saturated heterocycles. The van der Waals surface area contributed by atoms with Crippen LogP contribution >= 0.6 is 0 Å². The number of amides is 1. The van der Waals surface area contributed by atoms with E-state index in [2.05, 4.69) is 15.4 Å². The van der Waals surface area contributed by atoms with Gasteiger partial charge in [-0.15, -0.1) is 0 Å². The molecule has 0 saturated carbocycles. The molecule has 0 bridgehead atoms. The largest absolute Gasteiger partial charge is 0.480 e. The van der Waals surface area contributed by atoms with Crippen molar-refractivity contribution in [2.24, 2.45) is 0 Å². The van der Waals surface area contributed by atoms with E-state index in [0.29, 0.717) is 0 Å². The van der Waals surface area contributed by atoms with Crippen molar-refractivity contribution in [3.05, 3.63) is 0 Å². The molecular formula is C10H21N3O5S. The summed E-state index contributed by atoms with van der Waals surface area (Å²) in [5, 5.41) is 14.0. The first-order valence-electron chi connectivity index (χ1n) is 5.96. The fourth-order valence-corrected chi connectivity index (χ4v) is 1.89. The van der Waals surface area contributed by atoms with Gasteiger partial charge in [-0.2, -0.15) is 0 Å². The number of hydrogen-bond acceptors (Lipinski definition) is 5. The molecule has 0 aromatic heterocycles. The molecule has 0 heterocycles. The van der Waals surface area contributed by atoms with E-state index in [1.54, 1.807) is 0 Å². The van der Waals surface area contributed by atoms with E-state index in [1.807, 2.05) is 0 Å². The fraction of sp³-hybridized carbons (Fsp3) is 0.800. The van der Waals surface area contributed by atoms with E-state index in [-0.39, 0.29) is 37.6 Å². The molecule has 0 aliphatic heterocycles. The van der Waals surface area contributed by atoms with Crippen LogP contribution in [0.5, 0.6) is 0 Å². The van der Waals surface area contributed by atoms with Crippen LogP contribution in [0.25, 0.3) is 0 Å². The van der Waals surface area contributed by atoms with E-state index < -0.39 is 22.0 Å². The summed E-state index contributed by atoms with van der Waals surface area (Å²) >= 11 is 0. The Morgan fingerprint density at radius 1 is 1.26 bits per heavy atom. The third kappa shape index (κ3) is 8.51. The third-order valence-corrected chi connectivity index (χ3v) is 3.86. The summed E-state index contributed by atoms with van der Waals surface area (Å²) < 4.78 is 24.6. The summed E-state index contributed by atoms with van der Waals surface area (Å²) in [7, 11) is -1.79. The van der Waals surface area contributed by atoms with E-state index in [0.717, 1.165) is 0 Å². The number of carboxylic acids is 1. The maximum Gasteiger partial charge on any atom is 0.320 e. The van der Waals surface area contributed by atoms with Crippen molar-refractivity contribution >= 4 is 21.9 Å². The monoisotopic (exact) mass is 295 g/mol. The van der Waals surface area contributed by atoms with Gasteiger partial charge in [0.05, 0.1) is 5.75 Å². The molecule has 1 amide bonds. The minimum absolute atomic E-state index is 0.0218. The highest BCUT2D eigenvalue weighted by atomic mass is 32.2. The van der Waals surface area contributed by atoms with Gasteiger partial charge < -0.3 is 15.7 Å². The number of hydrogen-bond donors (Lipinski definition) is 4. The first-order valence-corrected chi connectivity index (χ1v) is 7.61. The Labute approximate surface area is 113 Å². The smallest absolute Gasteiger partial charge is 0.320 e. The first kappa shape index (κ1) is 17.8. The summed E-state index contributed by atoms with van der Waals surface area (Å²) in [6, 6.07) is -0.872. The Morgan fingerprint density at radius 2 is 1.89 bits per heavy atom. The second-order valence-corrected chi connectivity index (χ2v) is 5.95. The van der Waals surface area contributed by atoms with Crippen molar-refractivity contribution in [1.82, 2.24) is 15.4 Å². The van der Waals surface area contributed by atoms with Crippen LogP contribution in [0.15, 0.2) is 0 Å². The van der Waals surface area contributed by atoms with E-state index in [9.17, 15) is 18.0 Å². The van der Waals surface area contributed by atoms with Crippen LogP contribution in [0.4, 0.5) is 0 Å². The molecule has 0 aromatic carbocycles. The molecule has 8 nitrogen and oxygen atoms in total. The molecule has 0 aliphatic rings. The average molecular weight is 295 g/mol. The Bertz CT molecular complexity index is 396. The predicted molar refractivity (Wildman–Crippen MR) is 70.2 cm³/mol. The number of aliphatic carboxylic acids is 1. The molecule has 0 spiro atoms. The van der Waals surface area contributed by atoms with Gasteiger partial charge in [-0.3, -0.25) is 9.59 Å². The molecule has 0 radical (unpaired) electrons. The predicted octanol–water partition coefficient (Wildman–Crippen LogP) is -1.51. The van der Waals surface area contributed by atoms with Crippen LogP contribution in [0.1, 0.15) is 19.8 Å². The van der Waals surface area contributed by atoms with Gasteiger partial charge in [-0.1, -0.05) is 0 Å². The average Bonchev–Trinajstić information content (AvgIpc) is 2.36. The van der Waals surface area contributed by atoms with E-state index >= 15 is 0 Å². The maximum atomic E-state index is 11.1. The summed E-state index contributed by atoms with van der Waals surface area (Å²) in [6.07, 6.45) is 0.247. The molecule has 9 heteroatoms. The summed E-state index contributed by atoms with van der Waals surface area (Å²) in [6.45, 7) is 1.81. The van der Waals surface area contributed by atoms with Gasteiger partial charge in [-0.25, -0.2) is 13.1 Å². The van der Waals surface area contributed by atoms with Gasteiger partial charge in [-0.05, 0) is 13.3 Å². The van der Waals surface area contributed by atoms with Gasteiger partial charge >= 0.3 is 5.97 Å². The van der Waals surface area contributed by atoms with Gasteiger partial charge in [0.25, 0.3) is 0 Å². The standard InChI is InChI=1S/C10H21N3O5S/c1-3-19(17,18)13-7-6-12-8(10(15)16)4-5-9(14)11-2/h8,12-13H,3-7H2,1-2H3,(H,11,14)(H,15,16)/t8-/m0/s1. The molecule has 1 atom stereocenters. The Kier molecular flexibility index (Phi) is 8.28. The SMILES string of the molecule is CCS(=O)(=O)NCCN[C@@H](CCC(=O)NC)C(=O)O. The molecule has 0 fully saturated rings. The zero-order valence-corrected chi connectivity index (χ0v) is 11.9. The Balaban J connectivity index is 4.03. The molecule has 0 unspecified atom stereocenters. The number of rotatable bonds is 10. The van der Waals surface area contributed by atoms with Crippen LogP contribution in [-0.4, -0.2) is 57.3 Å². The number of sulfonamides is 1.